The maximum Gasteiger partial charge on any atom is 0.358 e. The number of ether oxygens (including phenoxy) is 1. The van der Waals surface area contributed by atoms with E-state index in [0.29, 0.717) is 16.6 Å². The molecule has 0 aliphatic carbocycles. The van der Waals surface area contributed by atoms with Crippen LogP contribution in [-0.2, 0) is 11.3 Å². The average molecular weight is 296 g/mol. The van der Waals surface area contributed by atoms with Gasteiger partial charge >= 0.3 is 5.97 Å². The number of carbonyl (C=O) groups excluding carboxylic acids is 1. The van der Waals surface area contributed by atoms with Gasteiger partial charge in [-0.1, -0.05) is 12.1 Å². The van der Waals surface area contributed by atoms with Crippen LogP contribution in [0.2, 0.25) is 0 Å². The zero-order valence-electron chi connectivity index (χ0n) is 11.7. The second kappa shape index (κ2) is 5.72. The van der Waals surface area contributed by atoms with Gasteiger partial charge in [0.1, 0.15) is 12.4 Å². The van der Waals surface area contributed by atoms with Crippen LogP contribution in [0.3, 0.4) is 0 Å². The molecule has 0 bridgehead atoms. The number of aromatic nitrogens is 4. The predicted octanol–water partition coefficient (Wildman–Crippen LogP) is 1.38. The smallest absolute Gasteiger partial charge is 0.358 e. The molecule has 0 fully saturated rings. The molecule has 0 radical (unpaired) electrons. The first-order valence-corrected chi connectivity index (χ1v) is 6.57. The van der Waals surface area contributed by atoms with Gasteiger partial charge in [-0.2, -0.15) is 0 Å². The number of aryl methyl sites for hydroxylation is 1. The van der Waals surface area contributed by atoms with Gasteiger partial charge in [-0.15, -0.1) is 0 Å². The Morgan fingerprint density at radius 1 is 1.23 bits per heavy atom. The molecular formula is C15H12N4O3. The number of H-pyrrole nitrogens is 1. The summed E-state index contributed by atoms with van der Waals surface area (Å²) < 4.78 is 5.08. The minimum Gasteiger partial charge on any atom is -0.453 e. The molecule has 0 unspecified atom stereocenters. The standard InChI is InChI=1S/C15H12N4O3/c1-9-6-17-12(7-16-9)15(21)22-8-13-18-11-5-3-2-4-10(11)14(20)19-13/h2-7H,8H2,1H3,(H,18,19,20). The lowest BCUT2D eigenvalue weighted by Gasteiger charge is -2.05. The number of esters is 1. The molecule has 0 amide bonds. The third kappa shape index (κ3) is 2.83. The Kier molecular flexibility index (Phi) is 3.61. The van der Waals surface area contributed by atoms with Gasteiger partial charge in [0, 0.05) is 6.20 Å². The number of benzene rings is 1. The minimum absolute atomic E-state index is 0.105. The second-order valence-electron chi connectivity index (χ2n) is 4.65. The first-order chi connectivity index (χ1) is 10.6. The lowest BCUT2D eigenvalue weighted by Crippen LogP contribution is -2.15. The van der Waals surface area contributed by atoms with Crippen LogP contribution in [0.5, 0.6) is 0 Å². The number of nitrogens with zero attached hydrogens (tertiary/aromatic N) is 3. The van der Waals surface area contributed by atoms with Crippen molar-refractivity contribution in [3.05, 3.63) is 64.2 Å². The third-order valence-corrected chi connectivity index (χ3v) is 2.99. The van der Waals surface area contributed by atoms with Crippen LogP contribution < -0.4 is 5.56 Å². The van der Waals surface area contributed by atoms with Crippen LogP contribution in [0.25, 0.3) is 10.9 Å². The molecule has 0 aliphatic rings. The Bertz CT molecular complexity index is 887. The number of carbonyl (C=O) groups is 1. The summed E-state index contributed by atoms with van der Waals surface area (Å²) in [5.41, 5.74) is 1.09. The van der Waals surface area contributed by atoms with E-state index in [-0.39, 0.29) is 23.7 Å². The van der Waals surface area contributed by atoms with Crippen molar-refractivity contribution in [3.63, 3.8) is 0 Å². The molecule has 3 aromatic rings. The zero-order chi connectivity index (χ0) is 15.5. The molecule has 7 nitrogen and oxygen atoms in total. The van der Waals surface area contributed by atoms with E-state index in [1.807, 2.05) is 0 Å². The Balaban J connectivity index is 1.77. The van der Waals surface area contributed by atoms with E-state index in [1.165, 1.54) is 12.4 Å². The molecule has 0 saturated heterocycles. The van der Waals surface area contributed by atoms with E-state index in [9.17, 15) is 9.59 Å². The molecule has 3 rings (SSSR count). The van der Waals surface area contributed by atoms with Gasteiger partial charge < -0.3 is 9.72 Å². The molecule has 22 heavy (non-hydrogen) atoms. The monoisotopic (exact) mass is 296 g/mol. The molecule has 7 heteroatoms. The summed E-state index contributed by atoms with van der Waals surface area (Å²) in [6.07, 6.45) is 2.82. The van der Waals surface area contributed by atoms with Crippen LogP contribution in [0.4, 0.5) is 0 Å². The van der Waals surface area contributed by atoms with Crippen molar-refractivity contribution in [1.82, 2.24) is 19.9 Å². The average Bonchev–Trinajstić information content (AvgIpc) is 2.53. The van der Waals surface area contributed by atoms with Crippen LogP contribution in [0.15, 0.2) is 41.5 Å². The van der Waals surface area contributed by atoms with Crippen molar-refractivity contribution < 1.29 is 9.53 Å². The van der Waals surface area contributed by atoms with Gasteiger partial charge in [0.25, 0.3) is 5.56 Å². The highest BCUT2D eigenvalue weighted by Gasteiger charge is 2.11. The third-order valence-electron chi connectivity index (χ3n) is 2.99. The fourth-order valence-corrected chi connectivity index (χ4v) is 1.91. The highest BCUT2D eigenvalue weighted by molar-refractivity contribution is 5.86. The number of aromatic amines is 1. The number of nitrogens with one attached hydrogen (secondary N) is 1. The van der Waals surface area contributed by atoms with Crippen LogP contribution in [0.1, 0.15) is 22.0 Å². The van der Waals surface area contributed by atoms with Crippen LogP contribution >= 0.6 is 0 Å². The molecular weight excluding hydrogens is 284 g/mol. The van der Waals surface area contributed by atoms with Crippen molar-refractivity contribution in [2.45, 2.75) is 13.5 Å². The molecule has 1 aromatic carbocycles. The molecule has 0 atom stereocenters. The number of hydrogen-bond donors (Lipinski definition) is 1. The summed E-state index contributed by atoms with van der Waals surface area (Å²) >= 11 is 0. The molecule has 2 aromatic heterocycles. The highest BCUT2D eigenvalue weighted by atomic mass is 16.5. The van der Waals surface area contributed by atoms with Crippen molar-refractivity contribution in [3.8, 4) is 0 Å². The van der Waals surface area contributed by atoms with Gasteiger partial charge in [0.05, 0.1) is 22.8 Å². The van der Waals surface area contributed by atoms with Crippen molar-refractivity contribution in [2.24, 2.45) is 0 Å². The lowest BCUT2D eigenvalue weighted by molar-refractivity contribution is 0.0454. The van der Waals surface area contributed by atoms with E-state index >= 15 is 0 Å². The normalized spacial score (nSPS) is 10.6. The number of rotatable bonds is 3. The quantitative estimate of drug-likeness (QED) is 0.733. The second-order valence-corrected chi connectivity index (χ2v) is 4.65. The van der Waals surface area contributed by atoms with Crippen molar-refractivity contribution >= 4 is 16.9 Å². The Labute approximate surface area is 125 Å². The van der Waals surface area contributed by atoms with Crippen molar-refractivity contribution in [1.29, 1.82) is 0 Å². The number of para-hydroxylation sites is 1. The Morgan fingerprint density at radius 3 is 2.82 bits per heavy atom. The predicted molar refractivity (Wildman–Crippen MR) is 78.3 cm³/mol. The number of hydrogen-bond acceptors (Lipinski definition) is 6. The molecule has 0 spiro atoms. The molecule has 1 N–H and O–H groups in total. The molecule has 110 valence electrons. The van der Waals surface area contributed by atoms with E-state index in [2.05, 4.69) is 19.9 Å². The largest absolute Gasteiger partial charge is 0.453 e. The maximum absolute atomic E-state index is 11.9. The summed E-state index contributed by atoms with van der Waals surface area (Å²) in [4.78, 5) is 38.5. The zero-order valence-corrected chi connectivity index (χ0v) is 11.7. The fraction of sp³-hybridized carbons (Fsp3) is 0.133. The summed E-state index contributed by atoms with van der Waals surface area (Å²) in [5.74, 6) is -0.347. The Morgan fingerprint density at radius 2 is 2.05 bits per heavy atom. The van der Waals surface area contributed by atoms with Gasteiger partial charge in [0.2, 0.25) is 0 Å². The summed E-state index contributed by atoms with van der Waals surface area (Å²) in [6.45, 7) is 1.63. The fourth-order valence-electron chi connectivity index (χ4n) is 1.91. The molecule has 0 saturated carbocycles. The van der Waals surface area contributed by atoms with Crippen LogP contribution in [-0.4, -0.2) is 25.9 Å². The molecule has 0 aliphatic heterocycles. The van der Waals surface area contributed by atoms with Gasteiger partial charge in [-0.05, 0) is 19.1 Å². The van der Waals surface area contributed by atoms with Gasteiger partial charge in [-0.3, -0.25) is 9.78 Å². The SMILES string of the molecule is Cc1cnc(C(=O)OCc2nc3ccccc3c(=O)[nH]2)cn1. The van der Waals surface area contributed by atoms with Gasteiger partial charge in [0.15, 0.2) is 5.69 Å². The Hall–Kier alpha value is -3.09. The lowest BCUT2D eigenvalue weighted by atomic mass is 10.2. The summed E-state index contributed by atoms with van der Waals surface area (Å²) in [6, 6.07) is 6.95. The van der Waals surface area contributed by atoms with Crippen molar-refractivity contribution in [2.75, 3.05) is 0 Å². The van der Waals surface area contributed by atoms with E-state index < -0.39 is 5.97 Å². The summed E-state index contributed by atoms with van der Waals surface area (Å²) in [5, 5.41) is 0.488. The number of fused-ring (bicyclic) bond motifs is 1. The summed E-state index contributed by atoms with van der Waals surface area (Å²) in [7, 11) is 0. The molecule has 2 heterocycles. The first-order valence-electron chi connectivity index (χ1n) is 6.57. The minimum atomic E-state index is -0.622. The van der Waals surface area contributed by atoms with Crippen LogP contribution in [0, 0.1) is 6.92 Å². The van der Waals surface area contributed by atoms with E-state index in [1.54, 1.807) is 31.2 Å². The van der Waals surface area contributed by atoms with Gasteiger partial charge in [-0.25, -0.2) is 14.8 Å². The maximum atomic E-state index is 11.9. The first kappa shape index (κ1) is 13.9. The topological polar surface area (TPSA) is 97.8 Å². The van der Waals surface area contributed by atoms with E-state index in [4.69, 9.17) is 4.74 Å². The highest BCUT2D eigenvalue weighted by Crippen LogP contribution is 2.07. The van der Waals surface area contributed by atoms with E-state index in [0.717, 1.165) is 0 Å².